The van der Waals surface area contributed by atoms with E-state index in [4.69, 9.17) is 5.73 Å². The van der Waals surface area contributed by atoms with Gasteiger partial charge in [-0.1, -0.05) is 32.0 Å². The van der Waals surface area contributed by atoms with Gasteiger partial charge in [-0.3, -0.25) is 4.79 Å². The smallest absolute Gasteiger partial charge is 0.387 e. The topological polar surface area (TPSA) is 64.3 Å². The number of rotatable bonds is 8. The van der Waals surface area contributed by atoms with Gasteiger partial charge in [-0.05, 0) is 25.3 Å². The number of carbonyl (C=O) groups excluding carboxylic acids is 1. The van der Waals surface area contributed by atoms with Gasteiger partial charge in [0.2, 0.25) is 5.91 Å². The van der Waals surface area contributed by atoms with E-state index in [-0.39, 0.29) is 30.5 Å². The van der Waals surface area contributed by atoms with E-state index in [1.165, 1.54) is 6.07 Å². The zero-order valence-electron chi connectivity index (χ0n) is 13.6. The summed E-state index contributed by atoms with van der Waals surface area (Å²) in [5, 5.41) is 2.90. The number of halogens is 3. The van der Waals surface area contributed by atoms with Crippen molar-refractivity contribution in [3.8, 4) is 5.75 Å². The molecule has 1 atom stereocenters. The number of nitrogens with two attached hydrogens (primary N) is 1. The van der Waals surface area contributed by atoms with Gasteiger partial charge in [0, 0.05) is 17.6 Å². The van der Waals surface area contributed by atoms with Crippen LogP contribution in [-0.4, -0.2) is 24.6 Å². The van der Waals surface area contributed by atoms with Gasteiger partial charge >= 0.3 is 6.61 Å². The van der Waals surface area contributed by atoms with Crippen molar-refractivity contribution in [2.75, 3.05) is 6.54 Å². The van der Waals surface area contributed by atoms with Gasteiger partial charge in [-0.2, -0.15) is 8.78 Å². The SMILES string of the molecule is CC(C)CC(C)(CN)NC(=O)Cc1ccccc1OC(F)F.Cl. The van der Waals surface area contributed by atoms with Crippen molar-refractivity contribution in [3.63, 3.8) is 0 Å². The number of para-hydroxylation sites is 1. The quantitative estimate of drug-likeness (QED) is 0.757. The first-order valence-electron chi connectivity index (χ1n) is 7.29. The van der Waals surface area contributed by atoms with Crippen LogP contribution in [0.2, 0.25) is 0 Å². The van der Waals surface area contributed by atoms with Crippen molar-refractivity contribution in [3.05, 3.63) is 29.8 Å². The van der Waals surface area contributed by atoms with Crippen molar-refractivity contribution >= 4 is 18.3 Å². The summed E-state index contributed by atoms with van der Waals surface area (Å²) in [7, 11) is 0. The molecule has 0 aliphatic carbocycles. The van der Waals surface area contributed by atoms with Crippen LogP contribution in [0.4, 0.5) is 8.78 Å². The van der Waals surface area contributed by atoms with Crippen LogP contribution in [0.1, 0.15) is 32.8 Å². The van der Waals surface area contributed by atoms with Crippen molar-refractivity contribution in [2.45, 2.75) is 45.8 Å². The number of nitrogens with one attached hydrogen (secondary N) is 1. The van der Waals surface area contributed by atoms with Gasteiger partial charge in [0.25, 0.3) is 0 Å². The molecule has 0 fully saturated rings. The van der Waals surface area contributed by atoms with Crippen LogP contribution in [0.15, 0.2) is 24.3 Å². The Morgan fingerprint density at radius 3 is 2.48 bits per heavy atom. The van der Waals surface area contributed by atoms with E-state index < -0.39 is 12.2 Å². The van der Waals surface area contributed by atoms with Gasteiger partial charge < -0.3 is 15.8 Å². The van der Waals surface area contributed by atoms with Crippen LogP contribution in [0.5, 0.6) is 5.75 Å². The summed E-state index contributed by atoms with van der Waals surface area (Å²) in [4.78, 5) is 12.2. The van der Waals surface area contributed by atoms with Crippen LogP contribution in [0.25, 0.3) is 0 Å². The summed E-state index contributed by atoms with van der Waals surface area (Å²) in [6.07, 6.45) is 0.709. The Morgan fingerprint density at radius 2 is 1.96 bits per heavy atom. The molecule has 1 aromatic carbocycles. The number of benzene rings is 1. The number of carbonyl (C=O) groups is 1. The molecule has 0 radical (unpaired) electrons. The second-order valence-electron chi connectivity index (χ2n) is 6.07. The number of amides is 1. The molecule has 0 aromatic heterocycles. The Kier molecular flexibility index (Phi) is 9.09. The molecule has 0 saturated carbocycles. The maximum absolute atomic E-state index is 12.4. The summed E-state index contributed by atoms with van der Waals surface area (Å²) in [6.45, 7) is 3.37. The summed E-state index contributed by atoms with van der Waals surface area (Å²) in [6, 6.07) is 6.28. The second-order valence-corrected chi connectivity index (χ2v) is 6.07. The van der Waals surface area contributed by atoms with Gasteiger partial charge in [0.05, 0.1) is 6.42 Å². The highest BCUT2D eigenvalue weighted by Crippen LogP contribution is 2.21. The zero-order chi connectivity index (χ0) is 16.8. The molecule has 3 N–H and O–H groups in total. The van der Waals surface area contributed by atoms with E-state index >= 15 is 0 Å². The Hall–Kier alpha value is -1.40. The molecule has 7 heteroatoms. The highest BCUT2D eigenvalue weighted by molar-refractivity contribution is 5.85. The fraction of sp³-hybridized carbons (Fsp3) is 0.562. The van der Waals surface area contributed by atoms with Crippen LogP contribution in [0, 0.1) is 5.92 Å². The van der Waals surface area contributed by atoms with Gasteiger partial charge in [-0.25, -0.2) is 0 Å². The van der Waals surface area contributed by atoms with E-state index in [0.717, 1.165) is 6.42 Å². The van der Waals surface area contributed by atoms with Crippen molar-refractivity contribution in [2.24, 2.45) is 11.7 Å². The molecular weight excluding hydrogens is 326 g/mol. The maximum atomic E-state index is 12.4. The van der Waals surface area contributed by atoms with Gasteiger partial charge in [0.15, 0.2) is 0 Å². The average Bonchev–Trinajstić information content (AvgIpc) is 2.39. The minimum absolute atomic E-state index is 0. The first kappa shape index (κ1) is 21.6. The van der Waals surface area contributed by atoms with E-state index in [9.17, 15) is 13.6 Å². The molecule has 1 aromatic rings. The number of ether oxygens (including phenoxy) is 1. The van der Waals surface area contributed by atoms with Crippen molar-refractivity contribution in [1.29, 1.82) is 0 Å². The molecule has 0 aliphatic rings. The van der Waals surface area contributed by atoms with E-state index in [0.29, 0.717) is 18.0 Å². The minimum atomic E-state index is -2.92. The predicted molar refractivity (Wildman–Crippen MR) is 89.1 cm³/mol. The summed E-state index contributed by atoms with van der Waals surface area (Å²) in [5.74, 6) is 0.133. The second kappa shape index (κ2) is 9.67. The fourth-order valence-corrected chi connectivity index (χ4v) is 2.50. The Bertz CT molecular complexity index is 501. The third kappa shape index (κ3) is 7.61. The average molecular weight is 351 g/mol. The minimum Gasteiger partial charge on any atom is -0.435 e. The standard InChI is InChI=1S/C16H24F2N2O2.ClH/c1-11(2)9-16(3,10-19)20-14(21)8-12-6-4-5-7-13(12)22-15(17)18;/h4-7,11,15H,8-10,19H2,1-3H3,(H,20,21);1H. The molecule has 4 nitrogen and oxygen atoms in total. The maximum Gasteiger partial charge on any atom is 0.387 e. The highest BCUT2D eigenvalue weighted by Gasteiger charge is 2.26. The molecule has 23 heavy (non-hydrogen) atoms. The molecule has 0 heterocycles. The molecule has 1 amide bonds. The molecule has 132 valence electrons. The first-order chi connectivity index (χ1) is 10.3. The normalized spacial score (nSPS) is 13.4. The number of alkyl halides is 2. The largest absolute Gasteiger partial charge is 0.435 e. The highest BCUT2D eigenvalue weighted by atomic mass is 35.5. The van der Waals surface area contributed by atoms with Crippen LogP contribution >= 0.6 is 12.4 Å². The molecular formula is C16H25ClF2N2O2. The van der Waals surface area contributed by atoms with Crippen LogP contribution in [-0.2, 0) is 11.2 Å². The fourth-order valence-electron chi connectivity index (χ4n) is 2.50. The Labute approximate surface area is 142 Å². The van der Waals surface area contributed by atoms with E-state index in [1.54, 1.807) is 18.2 Å². The Balaban J connectivity index is 0.00000484. The molecule has 0 saturated heterocycles. The molecule has 1 rings (SSSR count). The molecule has 0 spiro atoms. The van der Waals surface area contributed by atoms with Crippen molar-refractivity contribution < 1.29 is 18.3 Å². The monoisotopic (exact) mass is 350 g/mol. The molecule has 1 unspecified atom stereocenters. The predicted octanol–water partition coefficient (Wildman–Crippen LogP) is 3.13. The van der Waals surface area contributed by atoms with Crippen LogP contribution < -0.4 is 15.8 Å². The lowest BCUT2D eigenvalue weighted by atomic mass is 9.90. The lowest BCUT2D eigenvalue weighted by molar-refractivity contribution is -0.122. The lowest BCUT2D eigenvalue weighted by Gasteiger charge is -2.31. The third-order valence-corrected chi connectivity index (χ3v) is 3.29. The van der Waals surface area contributed by atoms with Gasteiger partial charge in [-0.15, -0.1) is 12.4 Å². The number of hydrogen-bond acceptors (Lipinski definition) is 3. The first-order valence-corrected chi connectivity index (χ1v) is 7.29. The van der Waals surface area contributed by atoms with Gasteiger partial charge in [0.1, 0.15) is 5.75 Å². The lowest BCUT2D eigenvalue weighted by Crippen LogP contribution is -2.52. The summed E-state index contributed by atoms with van der Waals surface area (Å²) in [5.41, 5.74) is 5.66. The third-order valence-electron chi connectivity index (χ3n) is 3.29. The van der Waals surface area contributed by atoms with E-state index in [1.807, 2.05) is 20.8 Å². The number of hydrogen-bond donors (Lipinski definition) is 2. The zero-order valence-corrected chi connectivity index (χ0v) is 14.5. The van der Waals surface area contributed by atoms with Crippen LogP contribution in [0.3, 0.4) is 0 Å². The summed E-state index contributed by atoms with van der Waals surface area (Å²) >= 11 is 0. The van der Waals surface area contributed by atoms with E-state index in [2.05, 4.69) is 10.1 Å². The van der Waals surface area contributed by atoms with Crippen molar-refractivity contribution in [1.82, 2.24) is 5.32 Å². The summed E-state index contributed by atoms with van der Waals surface area (Å²) < 4.78 is 29.2. The molecule has 0 aliphatic heterocycles. The Morgan fingerprint density at radius 1 is 1.35 bits per heavy atom. The molecule has 0 bridgehead atoms.